The number of nitrogens with zero attached hydrogens (tertiary/aromatic N) is 1. The molecular formula is C12H12BrNO. The van der Waals surface area contributed by atoms with Crippen molar-refractivity contribution in [3.63, 3.8) is 0 Å². The zero-order valence-corrected chi connectivity index (χ0v) is 10.6. The van der Waals surface area contributed by atoms with Crippen molar-refractivity contribution < 1.29 is 4.74 Å². The number of ether oxygens (including phenoxy) is 1. The average molecular weight is 266 g/mol. The van der Waals surface area contributed by atoms with E-state index in [-0.39, 0.29) is 0 Å². The van der Waals surface area contributed by atoms with Gasteiger partial charge in [0.1, 0.15) is 5.75 Å². The lowest BCUT2D eigenvalue weighted by Gasteiger charge is -2.08. The highest BCUT2D eigenvalue weighted by Crippen LogP contribution is 2.29. The quantitative estimate of drug-likeness (QED) is 0.786. The third-order valence-corrected chi connectivity index (χ3v) is 3.05. The summed E-state index contributed by atoms with van der Waals surface area (Å²) < 4.78 is 6.31. The molecule has 0 N–H and O–H groups in total. The number of rotatable bonds is 1. The third kappa shape index (κ3) is 1.84. The Hall–Kier alpha value is -1.09. The van der Waals surface area contributed by atoms with E-state index in [1.54, 1.807) is 7.11 Å². The lowest BCUT2D eigenvalue weighted by atomic mass is 10.1. The lowest BCUT2D eigenvalue weighted by Crippen LogP contribution is -1.92. The van der Waals surface area contributed by atoms with E-state index in [0.29, 0.717) is 0 Å². The van der Waals surface area contributed by atoms with Crippen molar-refractivity contribution in [2.45, 2.75) is 13.8 Å². The molecule has 78 valence electrons. The van der Waals surface area contributed by atoms with Gasteiger partial charge in [-0.25, -0.2) is 4.98 Å². The smallest absolute Gasteiger partial charge is 0.140 e. The van der Waals surface area contributed by atoms with Crippen LogP contribution in [0.4, 0.5) is 0 Å². The summed E-state index contributed by atoms with van der Waals surface area (Å²) in [5, 5.41) is 1.09. The molecule has 0 unspecified atom stereocenters. The minimum atomic E-state index is 0.826. The molecule has 0 spiro atoms. The summed E-state index contributed by atoms with van der Waals surface area (Å²) in [6.07, 6.45) is 0. The van der Waals surface area contributed by atoms with Crippen LogP contribution in [0.3, 0.4) is 0 Å². The zero-order chi connectivity index (χ0) is 11.0. The van der Waals surface area contributed by atoms with E-state index in [1.807, 2.05) is 13.0 Å². The molecule has 0 bridgehead atoms. The molecule has 0 atom stereocenters. The Balaban J connectivity index is 2.81. The van der Waals surface area contributed by atoms with Crippen LogP contribution in [0, 0.1) is 13.8 Å². The van der Waals surface area contributed by atoms with Crippen LogP contribution in [-0.2, 0) is 0 Å². The summed E-state index contributed by atoms with van der Waals surface area (Å²) in [6.45, 7) is 4.01. The van der Waals surface area contributed by atoms with Gasteiger partial charge in [-0.05, 0) is 37.6 Å². The number of methoxy groups -OCH3 is 1. The summed E-state index contributed by atoms with van der Waals surface area (Å²) in [6, 6.07) is 6.17. The first-order valence-corrected chi connectivity index (χ1v) is 5.52. The lowest BCUT2D eigenvalue weighted by molar-refractivity contribution is 0.410. The highest BCUT2D eigenvalue weighted by Gasteiger charge is 2.06. The largest absolute Gasteiger partial charge is 0.495 e. The maximum Gasteiger partial charge on any atom is 0.140 e. The Morgan fingerprint density at radius 3 is 2.60 bits per heavy atom. The Bertz CT molecular complexity index is 523. The van der Waals surface area contributed by atoms with Crippen LogP contribution >= 0.6 is 15.9 Å². The monoisotopic (exact) mass is 265 g/mol. The van der Waals surface area contributed by atoms with Crippen LogP contribution in [0.25, 0.3) is 10.9 Å². The number of hydrogen-bond acceptors (Lipinski definition) is 2. The van der Waals surface area contributed by atoms with E-state index in [0.717, 1.165) is 26.8 Å². The van der Waals surface area contributed by atoms with Gasteiger partial charge < -0.3 is 4.74 Å². The molecule has 2 aromatic rings. The van der Waals surface area contributed by atoms with Crippen molar-refractivity contribution >= 4 is 26.8 Å². The van der Waals surface area contributed by atoms with Crippen molar-refractivity contribution in [2.75, 3.05) is 7.11 Å². The Kier molecular flexibility index (Phi) is 2.65. The summed E-state index contributed by atoms with van der Waals surface area (Å²) in [4.78, 5) is 4.51. The van der Waals surface area contributed by atoms with Gasteiger partial charge in [0, 0.05) is 9.86 Å². The van der Waals surface area contributed by atoms with E-state index in [2.05, 4.69) is 40.0 Å². The number of benzene rings is 1. The number of halogens is 1. The SMILES string of the molecule is COc1cc2c(Br)cc(C)cc2nc1C. The van der Waals surface area contributed by atoms with Gasteiger partial charge in [-0.15, -0.1) is 0 Å². The predicted octanol–water partition coefficient (Wildman–Crippen LogP) is 3.62. The topological polar surface area (TPSA) is 22.1 Å². The van der Waals surface area contributed by atoms with Crippen LogP contribution in [0.1, 0.15) is 11.3 Å². The summed E-state index contributed by atoms with van der Waals surface area (Å²) in [7, 11) is 1.66. The summed E-state index contributed by atoms with van der Waals surface area (Å²) in [5.41, 5.74) is 3.12. The van der Waals surface area contributed by atoms with E-state index in [9.17, 15) is 0 Å². The predicted molar refractivity (Wildman–Crippen MR) is 65.5 cm³/mol. The molecular weight excluding hydrogens is 254 g/mol. The fourth-order valence-corrected chi connectivity index (χ4v) is 2.33. The maximum absolute atomic E-state index is 5.25. The van der Waals surface area contributed by atoms with Crippen LogP contribution in [0.5, 0.6) is 5.75 Å². The molecule has 1 aromatic carbocycles. The minimum Gasteiger partial charge on any atom is -0.495 e. The van der Waals surface area contributed by atoms with Gasteiger partial charge in [0.25, 0.3) is 0 Å². The van der Waals surface area contributed by atoms with Gasteiger partial charge in [0.15, 0.2) is 0 Å². The van der Waals surface area contributed by atoms with Gasteiger partial charge in [-0.1, -0.05) is 15.9 Å². The van der Waals surface area contributed by atoms with E-state index >= 15 is 0 Å². The first-order chi connectivity index (χ1) is 7.11. The number of aromatic nitrogens is 1. The summed E-state index contributed by atoms with van der Waals surface area (Å²) >= 11 is 3.54. The first kappa shape index (κ1) is 10.4. The molecule has 0 aliphatic carbocycles. The minimum absolute atomic E-state index is 0.826. The van der Waals surface area contributed by atoms with Crippen molar-refractivity contribution in [2.24, 2.45) is 0 Å². The van der Waals surface area contributed by atoms with Crippen molar-refractivity contribution in [3.8, 4) is 5.75 Å². The highest BCUT2D eigenvalue weighted by molar-refractivity contribution is 9.10. The molecule has 0 aliphatic heterocycles. The third-order valence-electron chi connectivity index (χ3n) is 2.39. The molecule has 0 aliphatic rings. The Morgan fingerprint density at radius 2 is 1.93 bits per heavy atom. The van der Waals surface area contributed by atoms with Gasteiger partial charge in [-0.2, -0.15) is 0 Å². The summed E-state index contributed by atoms with van der Waals surface area (Å²) in [5.74, 6) is 0.826. The molecule has 0 radical (unpaired) electrons. The van der Waals surface area contributed by atoms with Crippen LogP contribution in [0.15, 0.2) is 22.7 Å². The molecule has 2 nitrogen and oxygen atoms in total. The van der Waals surface area contributed by atoms with Gasteiger partial charge in [-0.3, -0.25) is 0 Å². The fourth-order valence-electron chi connectivity index (χ4n) is 1.65. The van der Waals surface area contributed by atoms with Crippen molar-refractivity contribution in [1.29, 1.82) is 0 Å². The van der Waals surface area contributed by atoms with Crippen molar-refractivity contribution in [1.82, 2.24) is 4.98 Å². The molecule has 0 fully saturated rings. The van der Waals surface area contributed by atoms with Gasteiger partial charge in [0.2, 0.25) is 0 Å². The molecule has 2 rings (SSSR count). The molecule has 1 heterocycles. The van der Waals surface area contributed by atoms with Crippen LogP contribution < -0.4 is 4.74 Å². The number of fused-ring (bicyclic) bond motifs is 1. The molecule has 0 amide bonds. The second-order valence-electron chi connectivity index (χ2n) is 3.59. The molecule has 1 aromatic heterocycles. The van der Waals surface area contributed by atoms with Crippen molar-refractivity contribution in [3.05, 3.63) is 33.9 Å². The molecule has 0 saturated carbocycles. The van der Waals surface area contributed by atoms with E-state index in [1.165, 1.54) is 5.56 Å². The second-order valence-corrected chi connectivity index (χ2v) is 4.44. The maximum atomic E-state index is 5.25. The standard InChI is InChI=1S/C12H12BrNO/c1-7-4-10(13)9-6-12(15-3)8(2)14-11(9)5-7/h4-6H,1-3H3. The highest BCUT2D eigenvalue weighted by atomic mass is 79.9. The zero-order valence-electron chi connectivity index (χ0n) is 8.97. The van der Waals surface area contributed by atoms with E-state index < -0.39 is 0 Å². The molecule has 15 heavy (non-hydrogen) atoms. The number of pyridine rings is 1. The number of aryl methyl sites for hydroxylation is 2. The average Bonchev–Trinajstić information content (AvgIpc) is 2.16. The van der Waals surface area contributed by atoms with Crippen LogP contribution in [0.2, 0.25) is 0 Å². The van der Waals surface area contributed by atoms with E-state index in [4.69, 9.17) is 4.74 Å². The molecule has 0 saturated heterocycles. The van der Waals surface area contributed by atoms with Gasteiger partial charge >= 0.3 is 0 Å². The number of hydrogen-bond donors (Lipinski definition) is 0. The fraction of sp³-hybridized carbons (Fsp3) is 0.250. The molecule has 3 heteroatoms. The second kappa shape index (κ2) is 3.81. The normalized spacial score (nSPS) is 10.7. The van der Waals surface area contributed by atoms with Gasteiger partial charge in [0.05, 0.1) is 18.3 Å². The Morgan fingerprint density at radius 1 is 1.20 bits per heavy atom. The van der Waals surface area contributed by atoms with Crippen LogP contribution in [-0.4, -0.2) is 12.1 Å². The Labute approximate surface area is 97.4 Å². The first-order valence-electron chi connectivity index (χ1n) is 4.73.